The number of hydrogen-bond donors (Lipinski definition) is 1. The molecule has 0 aliphatic rings. The van der Waals surface area contributed by atoms with Crippen molar-refractivity contribution in [2.75, 3.05) is 33.8 Å². The number of aliphatic hydroxyl groups is 1. The van der Waals surface area contributed by atoms with Gasteiger partial charge in [-0.05, 0) is 12.8 Å². The first-order chi connectivity index (χ1) is 11.6. The fourth-order valence-corrected chi connectivity index (χ4v) is 3.47. The standard InChI is InChI=1S/C22H48NO.BrH/c1-4-5-6-7-8-9-10-11-12-13-14-15-16-17-18-19-20-23(2,3)21-22-24;/h24H,4-22H2,1-3H3;1H/q+1;/p-1. The van der Waals surface area contributed by atoms with Crippen LogP contribution in [0.25, 0.3) is 0 Å². The normalized spacial score (nSPS) is 11.5. The van der Waals surface area contributed by atoms with Crippen LogP contribution in [-0.4, -0.2) is 43.4 Å². The van der Waals surface area contributed by atoms with Gasteiger partial charge in [-0.2, -0.15) is 0 Å². The summed E-state index contributed by atoms with van der Waals surface area (Å²) in [7, 11) is 4.45. The molecule has 0 bridgehead atoms. The first-order valence-corrected chi connectivity index (χ1v) is 11.1. The van der Waals surface area contributed by atoms with Gasteiger partial charge >= 0.3 is 0 Å². The van der Waals surface area contributed by atoms with Gasteiger partial charge in [0.25, 0.3) is 0 Å². The van der Waals surface area contributed by atoms with Crippen LogP contribution in [0.1, 0.15) is 110 Å². The van der Waals surface area contributed by atoms with E-state index in [9.17, 15) is 0 Å². The highest BCUT2D eigenvalue weighted by Gasteiger charge is 2.12. The van der Waals surface area contributed by atoms with Gasteiger partial charge < -0.3 is 26.6 Å². The molecule has 0 aromatic carbocycles. The molecule has 0 aliphatic heterocycles. The average molecular weight is 423 g/mol. The van der Waals surface area contributed by atoms with Gasteiger partial charge in [-0.15, -0.1) is 0 Å². The average Bonchev–Trinajstić information content (AvgIpc) is 2.54. The minimum absolute atomic E-state index is 0. The Morgan fingerprint density at radius 2 is 0.840 bits per heavy atom. The van der Waals surface area contributed by atoms with Gasteiger partial charge in [0.2, 0.25) is 0 Å². The predicted octanol–water partition coefficient (Wildman–Crippen LogP) is 3.32. The molecule has 154 valence electrons. The molecule has 0 fully saturated rings. The zero-order valence-electron chi connectivity index (χ0n) is 17.7. The molecule has 0 aliphatic carbocycles. The van der Waals surface area contributed by atoms with Crippen LogP contribution in [0.5, 0.6) is 0 Å². The third-order valence-corrected chi connectivity index (χ3v) is 5.32. The van der Waals surface area contributed by atoms with E-state index < -0.39 is 0 Å². The van der Waals surface area contributed by atoms with Gasteiger partial charge in [-0.3, -0.25) is 0 Å². The maximum atomic E-state index is 9.02. The lowest BCUT2D eigenvalue weighted by molar-refractivity contribution is -0.890. The van der Waals surface area contributed by atoms with E-state index in [0.717, 1.165) is 11.0 Å². The molecule has 0 atom stereocenters. The Labute approximate surface area is 170 Å². The van der Waals surface area contributed by atoms with E-state index >= 15 is 0 Å². The van der Waals surface area contributed by atoms with Crippen LogP contribution in [0.15, 0.2) is 0 Å². The van der Waals surface area contributed by atoms with Crippen LogP contribution >= 0.6 is 0 Å². The fourth-order valence-electron chi connectivity index (χ4n) is 3.47. The van der Waals surface area contributed by atoms with Crippen molar-refractivity contribution < 1.29 is 26.6 Å². The number of quaternary nitrogens is 1. The summed E-state index contributed by atoms with van der Waals surface area (Å²) >= 11 is 0. The number of nitrogens with zero attached hydrogens (tertiary/aromatic N) is 1. The monoisotopic (exact) mass is 421 g/mol. The Hall–Kier alpha value is 0.400. The molecule has 0 saturated carbocycles. The third-order valence-electron chi connectivity index (χ3n) is 5.32. The van der Waals surface area contributed by atoms with Gasteiger partial charge in [0.15, 0.2) is 0 Å². The summed E-state index contributed by atoms with van der Waals surface area (Å²) in [6.07, 6.45) is 22.9. The minimum atomic E-state index is 0. The summed E-state index contributed by atoms with van der Waals surface area (Å²) in [5.41, 5.74) is 0. The van der Waals surface area contributed by atoms with Gasteiger partial charge in [-0.25, -0.2) is 0 Å². The summed E-state index contributed by atoms with van der Waals surface area (Å²) in [6, 6.07) is 0. The Balaban J connectivity index is 0. The Bertz CT molecular complexity index is 246. The molecule has 25 heavy (non-hydrogen) atoms. The van der Waals surface area contributed by atoms with Crippen molar-refractivity contribution in [3.63, 3.8) is 0 Å². The van der Waals surface area contributed by atoms with Crippen molar-refractivity contribution in [1.29, 1.82) is 0 Å². The first kappa shape index (κ1) is 27.6. The molecule has 0 amide bonds. The lowest BCUT2D eigenvalue weighted by Crippen LogP contribution is -3.00. The maximum Gasteiger partial charge on any atom is 0.102 e. The van der Waals surface area contributed by atoms with E-state index in [1.165, 1.54) is 109 Å². The lowest BCUT2D eigenvalue weighted by atomic mass is 10.0. The number of unbranched alkanes of at least 4 members (excludes halogenated alkanes) is 15. The second-order valence-electron chi connectivity index (χ2n) is 8.41. The molecule has 0 aromatic rings. The molecule has 0 saturated heterocycles. The highest BCUT2D eigenvalue weighted by atomic mass is 79.9. The number of halogens is 1. The van der Waals surface area contributed by atoms with E-state index in [0.29, 0.717) is 6.61 Å². The van der Waals surface area contributed by atoms with Crippen LogP contribution in [0.3, 0.4) is 0 Å². The zero-order chi connectivity index (χ0) is 17.9. The molecule has 0 unspecified atom stereocenters. The fraction of sp³-hybridized carbons (Fsp3) is 1.00. The topological polar surface area (TPSA) is 20.2 Å². The second kappa shape index (κ2) is 20.7. The Kier molecular flexibility index (Phi) is 22.9. The molecule has 0 rings (SSSR count). The number of likely N-dealkylation sites (N-methyl/N-ethyl adjacent to an activating group) is 1. The van der Waals surface area contributed by atoms with Gasteiger partial charge in [-0.1, -0.05) is 96.8 Å². The molecule has 2 nitrogen and oxygen atoms in total. The molecular weight excluding hydrogens is 374 g/mol. The number of rotatable bonds is 19. The Morgan fingerprint density at radius 1 is 0.520 bits per heavy atom. The van der Waals surface area contributed by atoms with Gasteiger partial charge in [0.1, 0.15) is 6.54 Å². The van der Waals surface area contributed by atoms with E-state index in [4.69, 9.17) is 5.11 Å². The highest BCUT2D eigenvalue weighted by Crippen LogP contribution is 2.14. The molecule has 1 N–H and O–H groups in total. The molecule has 0 radical (unpaired) electrons. The molecule has 0 heterocycles. The largest absolute Gasteiger partial charge is 1.00 e. The van der Waals surface area contributed by atoms with Crippen molar-refractivity contribution >= 4 is 0 Å². The van der Waals surface area contributed by atoms with Gasteiger partial charge in [0, 0.05) is 0 Å². The number of hydrogen-bond acceptors (Lipinski definition) is 1. The minimum Gasteiger partial charge on any atom is -1.00 e. The third kappa shape index (κ3) is 22.4. The quantitative estimate of drug-likeness (QED) is 0.250. The van der Waals surface area contributed by atoms with Crippen molar-refractivity contribution in [1.82, 2.24) is 0 Å². The van der Waals surface area contributed by atoms with Crippen LogP contribution in [0.2, 0.25) is 0 Å². The molecule has 0 spiro atoms. The van der Waals surface area contributed by atoms with Crippen LogP contribution in [0, 0.1) is 0 Å². The molecule has 0 aromatic heterocycles. The maximum absolute atomic E-state index is 9.02. The van der Waals surface area contributed by atoms with Crippen molar-refractivity contribution in [2.24, 2.45) is 0 Å². The van der Waals surface area contributed by atoms with Crippen molar-refractivity contribution in [3.05, 3.63) is 0 Å². The van der Waals surface area contributed by atoms with Gasteiger partial charge in [0.05, 0.1) is 27.2 Å². The number of aliphatic hydroxyl groups excluding tert-OH is 1. The zero-order valence-corrected chi connectivity index (χ0v) is 19.3. The van der Waals surface area contributed by atoms with E-state index in [1.807, 2.05) is 0 Å². The molecule has 3 heteroatoms. The highest BCUT2D eigenvalue weighted by molar-refractivity contribution is 4.50. The van der Waals surface area contributed by atoms with Crippen LogP contribution in [0.4, 0.5) is 0 Å². The van der Waals surface area contributed by atoms with Crippen LogP contribution in [-0.2, 0) is 0 Å². The van der Waals surface area contributed by atoms with E-state index in [2.05, 4.69) is 21.0 Å². The van der Waals surface area contributed by atoms with Crippen LogP contribution < -0.4 is 17.0 Å². The lowest BCUT2D eigenvalue weighted by Gasteiger charge is -2.28. The smallest absolute Gasteiger partial charge is 0.102 e. The van der Waals surface area contributed by atoms with Crippen molar-refractivity contribution in [3.8, 4) is 0 Å². The summed E-state index contributed by atoms with van der Waals surface area (Å²) in [5.74, 6) is 0. The molecular formula is C22H48BrNO. The summed E-state index contributed by atoms with van der Waals surface area (Å²) in [6.45, 7) is 4.70. The SMILES string of the molecule is CCCCCCCCCCCCCCCCCC[N+](C)(C)CCO.[Br-]. The first-order valence-electron chi connectivity index (χ1n) is 11.1. The Morgan fingerprint density at radius 3 is 1.16 bits per heavy atom. The summed E-state index contributed by atoms with van der Waals surface area (Å²) < 4.78 is 0.967. The van der Waals surface area contributed by atoms with Crippen molar-refractivity contribution in [2.45, 2.75) is 110 Å². The van der Waals surface area contributed by atoms with E-state index in [1.54, 1.807) is 0 Å². The summed E-state index contributed by atoms with van der Waals surface area (Å²) in [5, 5.41) is 9.02. The van der Waals surface area contributed by atoms with E-state index in [-0.39, 0.29) is 17.0 Å². The predicted molar refractivity (Wildman–Crippen MR) is 108 cm³/mol. The summed E-state index contributed by atoms with van der Waals surface area (Å²) in [4.78, 5) is 0. The second-order valence-corrected chi connectivity index (χ2v) is 8.41.